The standard InChI is InChI=1S/C19H25N5O3/c1-12(2)24-16-11-20-23(19(16)13(3)22-24)9-8-18(25)21-15-7-6-14(26-4)10-17(15)27-5/h6-7,10-12H,8-9H2,1-5H3,(H,21,25). The minimum Gasteiger partial charge on any atom is -0.497 e. The summed E-state index contributed by atoms with van der Waals surface area (Å²) in [7, 11) is 3.14. The number of rotatable bonds is 7. The zero-order valence-electron chi connectivity index (χ0n) is 16.3. The number of amides is 1. The van der Waals surface area contributed by atoms with Gasteiger partial charge in [-0.25, -0.2) is 0 Å². The van der Waals surface area contributed by atoms with Crippen molar-refractivity contribution in [2.75, 3.05) is 19.5 Å². The molecule has 0 aliphatic rings. The second-order valence-corrected chi connectivity index (χ2v) is 6.59. The molecule has 0 aliphatic heterocycles. The Hall–Kier alpha value is -3.03. The number of nitrogens with zero attached hydrogens (tertiary/aromatic N) is 4. The monoisotopic (exact) mass is 371 g/mol. The molecule has 1 N–H and O–H groups in total. The van der Waals surface area contributed by atoms with E-state index in [1.807, 2.05) is 16.3 Å². The number of carbonyl (C=O) groups excluding carboxylic acids is 1. The number of anilines is 1. The molecule has 0 atom stereocenters. The molecule has 0 radical (unpaired) electrons. The second kappa shape index (κ2) is 7.69. The molecule has 0 fully saturated rings. The number of methoxy groups -OCH3 is 2. The second-order valence-electron chi connectivity index (χ2n) is 6.59. The van der Waals surface area contributed by atoms with Crippen LogP contribution in [0.3, 0.4) is 0 Å². The van der Waals surface area contributed by atoms with Crippen LogP contribution in [0.1, 0.15) is 32.0 Å². The van der Waals surface area contributed by atoms with Gasteiger partial charge in [-0.2, -0.15) is 10.2 Å². The summed E-state index contributed by atoms with van der Waals surface area (Å²) in [5, 5.41) is 11.9. The maximum Gasteiger partial charge on any atom is 0.226 e. The molecule has 144 valence electrons. The molecule has 1 aromatic carbocycles. The third kappa shape index (κ3) is 3.74. The lowest BCUT2D eigenvalue weighted by Gasteiger charge is -2.11. The zero-order valence-corrected chi connectivity index (χ0v) is 16.3. The number of aryl methyl sites for hydroxylation is 2. The summed E-state index contributed by atoms with van der Waals surface area (Å²) in [6, 6.07) is 5.53. The Morgan fingerprint density at radius 3 is 2.70 bits per heavy atom. The zero-order chi connectivity index (χ0) is 19.6. The van der Waals surface area contributed by atoms with E-state index < -0.39 is 0 Å². The molecule has 0 saturated heterocycles. The minimum absolute atomic E-state index is 0.115. The fraction of sp³-hybridized carbons (Fsp3) is 0.421. The van der Waals surface area contributed by atoms with Gasteiger partial charge in [0.1, 0.15) is 22.5 Å². The molecular weight excluding hydrogens is 346 g/mol. The van der Waals surface area contributed by atoms with E-state index in [1.54, 1.807) is 38.6 Å². The number of ether oxygens (including phenoxy) is 2. The molecule has 1 amide bonds. The van der Waals surface area contributed by atoms with Crippen molar-refractivity contribution in [1.82, 2.24) is 19.6 Å². The number of benzene rings is 1. The highest BCUT2D eigenvalue weighted by Gasteiger charge is 2.16. The maximum atomic E-state index is 12.4. The van der Waals surface area contributed by atoms with E-state index in [1.165, 1.54) is 0 Å². The highest BCUT2D eigenvalue weighted by molar-refractivity contribution is 5.92. The summed E-state index contributed by atoms with van der Waals surface area (Å²) in [6.45, 7) is 6.60. The molecule has 3 aromatic rings. The van der Waals surface area contributed by atoms with Gasteiger partial charge in [0.25, 0.3) is 0 Å². The van der Waals surface area contributed by atoms with Gasteiger partial charge >= 0.3 is 0 Å². The van der Waals surface area contributed by atoms with E-state index in [2.05, 4.69) is 29.4 Å². The lowest BCUT2D eigenvalue weighted by Crippen LogP contribution is -2.15. The van der Waals surface area contributed by atoms with Gasteiger partial charge in [0.15, 0.2) is 0 Å². The average molecular weight is 371 g/mol. The first-order chi connectivity index (χ1) is 12.9. The minimum atomic E-state index is -0.115. The van der Waals surface area contributed by atoms with E-state index in [9.17, 15) is 4.79 Å². The molecule has 27 heavy (non-hydrogen) atoms. The lowest BCUT2D eigenvalue weighted by molar-refractivity contribution is -0.116. The van der Waals surface area contributed by atoms with Gasteiger partial charge in [-0.15, -0.1) is 0 Å². The number of hydrogen-bond donors (Lipinski definition) is 1. The Morgan fingerprint density at radius 1 is 1.26 bits per heavy atom. The van der Waals surface area contributed by atoms with Crippen LogP contribution in [-0.2, 0) is 11.3 Å². The lowest BCUT2D eigenvalue weighted by atomic mass is 10.2. The van der Waals surface area contributed by atoms with Crippen LogP contribution < -0.4 is 14.8 Å². The van der Waals surface area contributed by atoms with E-state index in [-0.39, 0.29) is 18.4 Å². The molecule has 0 spiro atoms. The van der Waals surface area contributed by atoms with Gasteiger partial charge in [0.05, 0.1) is 38.3 Å². The van der Waals surface area contributed by atoms with Crippen LogP contribution in [0.5, 0.6) is 11.5 Å². The van der Waals surface area contributed by atoms with Crippen molar-refractivity contribution in [1.29, 1.82) is 0 Å². The quantitative estimate of drug-likeness (QED) is 0.690. The number of fused-ring (bicyclic) bond motifs is 1. The van der Waals surface area contributed by atoms with Crippen LogP contribution >= 0.6 is 0 Å². The van der Waals surface area contributed by atoms with Crippen molar-refractivity contribution in [2.45, 2.75) is 39.8 Å². The van der Waals surface area contributed by atoms with Crippen LogP contribution in [0.4, 0.5) is 5.69 Å². The normalized spacial score (nSPS) is 11.2. The van der Waals surface area contributed by atoms with Crippen molar-refractivity contribution in [3.05, 3.63) is 30.1 Å². The van der Waals surface area contributed by atoms with Gasteiger partial charge in [-0.05, 0) is 32.9 Å². The van der Waals surface area contributed by atoms with Crippen molar-refractivity contribution < 1.29 is 14.3 Å². The molecule has 0 bridgehead atoms. The fourth-order valence-electron chi connectivity index (χ4n) is 3.06. The first-order valence-corrected chi connectivity index (χ1v) is 8.87. The van der Waals surface area contributed by atoms with Gasteiger partial charge < -0.3 is 14.8 Å². The summed E-state index contributed by atoms with van der Waals surface area (Å²) in [5.41, 5.74) is 3.48. The smallest absolute Gasteiger partial charge is 0.226 e. The van der Waals surface area contributed by atoms with Crippen LogP contribution in [0.2, 0.25) is 0 Å². The predicted octanol–water partition coefficient (Wildman–Crippen LogP) is 3.17. The third-order valence-electron chi connectivity index (χ3n) is 4.39. The molecule has 2 aromatic heterocycles. The summed E-state index contributed by atoms with van der Waals surface area (Å²) in [5.74, 6) is 1.11. The molecule has 0 aliphatic carbocycles. The van der Waals surface area contributed by atoms with Crippen LogP contribution in [0.25, 0.3) is 11.0 Å². The van der Waals surface area contributed by atoms with Crippen molar-refractivity contribution in [2.24, 2.45) is 0 Å². The van der Waals surface area contributed by atoms with Gasteiger partial charge in [0.2, 0.25) is 5.91 Å². The van der Waals surface area contributed by atoms with Crippen LogP contribution in [-0.4, -0.2) is 39.7 Å². The van der Waals surface area contributed by atoms with Crippen molar-refractivity contribution >= 4 is 22.6 Å². The number of hydrogen-bond acceptors (Lipinski definition) is 5. The first-order valence-electron chi connectivity index (χ1n) is 8.87. The molecule has 3 rings (SSSR count). The Labute approximate surface area is 158 Å². The summed E-state index contributed by atoms with van der Waals surface area (Å²) in [6.07, 6.45) is 2.10. The Balaban J connectivity index is 1.71. The largest absolute Gasteiger partial charge is 0.497 e. The molecule has 8 heteroatoms. The van der Waals surface area contributed by atoms with Crippen molar-refractivity contribution in [3.8, 4) is 11.5 Å². The summed E-state index contributed by atoms with van der Waals surface area (Å²) >= 11 is 0. The molecule has 8 nitrogen and oxygen atoms in total. The Bertz CT molecular complexity index is 958. The highest BCUT2D eigenvalue weighted by atomic mass is 16.5. The Morgan fingerprint density at radius 2 is 2.04 bits per heavy atom. The topological polar surface area (TPSA) is 83.2 Å². The summed E-state index contributed by atoms with van der Waals surface area (Å²) in [4.78, 5) is 12.4. The Kier molecular flexibility index (Phi) is 5.34. The predicted molar refractivity (Wildman–Crippen MR) is 103 cm³/mol. The number of nitrogens with one attached hydrogen (secondary N) is 1. The molecule has 0 unspecified atom stereocenters. The van der Waals surface area contributed by atoms with Gasteiger partial charge in [-0.1, -0.05) is 0 Å². The maximum absolute atomic E-state index is 12.4. The first kappa shape index (κ1) is 18.8. The van der Waals surface area contributed by atoms with Crippen molar-refractivity contribution in [3.63, 3.8) is 0 Å². The fourth-order valence-corrected chi connectivity index (χ4v) is 3.06. The van der Waals surface area contributed by atoms with Crippen LogP contribution in [0.15, 0.2) is 24.4 Å². The van der Waals surface area contributed by atoms with Gasteiger partial charge in [0, 0.05) is 18.5 Å². The number of aromatic nitrogens is 4. The average Bonchev–Trinajstić information content (AvgIpc) is 3.21. The van der Waals surface area contributed by atoms with E-state index in [0.717, 1.165) is 16.7 Å². The summed E-state index contributed by atoms with van der Waals surface area (Å²) < 4.78 is 14.3. The van der Waals surface area contributed by atoms with E-state index in [4.69, 9.17) is 9.47 Å². The molecule has 0 saturated carbocycles. The van der Waals surface area contributed by atoms with Crippen LogP contribution in [0, 0.1) is 6.92 Å². The van der Waals surface area contributed by atoms with Gasteiger partial charge in [-0.3, -0.25) is 14.2 Å². The third-order valence-corrected chi connectivity index (χ3v) is 4.39. The number of carbonyl (C=O) groups is 1. The molecule has 2 heterocycles. The van der Waals surface area contributed by atoms with E-state index in [0.29, 0.717) is 23.7 Å². The highest BCUT2D eigenvalue weighted by Crippen LogP contribution is 2.29. The molecular formula is C19H25N5O3. The SMILES string of the molecule is COc1ccc(NC(=O)CCn2ncc3c2c(C)nn3C(C)C)c(OC)c1. The van der Waals surface area contributed by atoms with E-state index >= 15 is 0 Å².